The van der Waals surface area contributed by atoms with Gasteiger partial charge in [0.2, 0.25) is 0 Å². The third kappa shape index (κ3) is 3.05. The highest BCUT2D eigenvalue weighted by molar-refractivity contribution is 5.47. The smallest absolute Gasteiger partial charge is 0.256 e. The number of aliphatic hydroxyl groups is 1. The number of hydrogen-bond acceptors (Lipinski definition) is 4. The molecule has 0 aliphatic heterocycles. The molecule has 0 amide bonds. The van der Waals surface area contributed by atoms with Gasteiger partial charge in [-0.1, -0.05) is 12.1 Å². The van der Waals surface area contributed by atoms with E-state index in [4.69, 9.17) is 5.11 Å². The second-order valence-electron chi connectivity index (χ2n) is 4.87. The van der Waals surface area contributed by atoms with E-state index in [0.29, 0.717) is 11.4 Å². The minimum Gasteiger partial charge on any atom is -0.392 e. The van der Waals surface area contributed by atoms with Crippen LogP contribution in [0.1, 0.15) is 35.6 Å². The van der Waals surface area contributed by atoms with Crippen molar-refractivity contribution in [1.29, 1.82) is 0 Å². The lowest BCUT2D eigenvalue weighted by Gasteiger charge is -2.17. The zero-order valence-corrected chi connectivity index (χ0v) is 11.9. The number of H-pyrrole nitrogens is 1. The number of aromatic nitrogens is 2. The first-order valence-electron chi connectivity index (χ1n) is 6.55. The fraction of sp³-hybridized carbons (Fsp3) is 0.333. The number of aliphatic hydroxyl groups excluding tert-OH is 1. The van der Waals surface area contributed by atoms with Crippen LogP contribution in [0.4, 0.5) is 5.69 Å². The molecule has 0 aliphatic carbocycles. The van der Waals surface area contributed by atoms with Crippen LogP contribution >= 0.6 is 0 Å². The molecule has 1 unspecified atom stereocenters. The molecule has 1 aromatic carbocycles. The molecule has 106 valence electrons. The standard InChI is InChI=1S/C15H19N3O2/c1-9-14(15(20)18-11(3)16-9)10(2)17-13-6-4-5-12(7-13)8-19/h4-7,10,17,19H,8H2,1-3H3,(H,16,18,20). The number of nitrogens with one attached hydrogen (secondary N) is 2. The number of aryl methyl sites for hydroxylation is 2. The van der Waals surface area contributed by atoms with E-state index in [1.807, 2.05) is 38.1 Å². The number of anilines is 1. The van der Waals surface area contributed by atoms with Crippen molar-refractivity contribution in [2.75, 3.05) is 5.32 Å². The predicted octanol–water partition coefficient (Wildman–Crippen LogP) is 2.05. The molecule has 0 saturated heterocycles. The Morgan fingerprint density at radius 2 is 2.15 bits per heavy atom. The Labute approximate surface area is 117 Å². The van der Waals surface area contributed by atoms with Crippen molar-refractivity contribution in [3.63, 3.8) is 0 Å². The van der Waals surface area contributed by atoms with E-state index in [9.17, 15) is 4.79 Å². The molecule has 5 heteroatoms. The molecule has 2 rings (SSSR count). The minimum atomic E-state index is -0.166. The maximum absolute atomic E-state index is 12.0. The van der Waals surface area contributed by atoms with E-state index < -0.39 is 0 Å². The van der Waals surface area contributed by atoms with Crippen molar-refractivity contribution in [3.8, 4) is 0 Å². The molecule has 0 saturated carbocycles. The van der Waals surface area contributed by atoms with Crippen LogP contribution in [0, 0.1) is 13.8 Å². The molecule has 0 radical (unpaired) electrons. The lowest BCUT2D eigenvalue weighted by atomic mass is 10.1. The Morgan fingerprint density at radius 3 is 2.80 bits per heavy atom. The SMILES string of the molecule is Cc1nc(C)c(C(C)Nc2cccc(CO)c2)c(=O)[nH]1. The van der Waals surface area contributed by atoms with Crippen molar-refractivity contribution in [1.82, 2.24) is 9.97 Å². The quantitative estimate of drug-likeness (QED) is 0.796. The first kappa shape index (κ1) is 14.3. The summed E-state index contributed by atoms with van der Waals surface area (Å²) in [6, 6.07) is 7.32. The van der Waals surface area contributed by atoms with Gasteiger partial charge in [0, 0.05) is 5.69 Å². The van der Waals surface area contributed by atoms with Gasteiger partial charge in [0.1, 0.15) is 5.82 Å². The van der Waals surface area contributed by atoms with Crippen LogP contribution in [0.15, 0.2) is 29.1 Å². The summed E-state index contributed by atoms with van der Waals surface area (Å²) in [5.41, 5.74) is 2.93. The molecule has 1 atom stereocenters. The van der Waals surface area contributed by atoms with E-state index in [1.54, 1.807) is 6.92 Å². The maximum Gasteiger partial charge on any atom is 0.256 e. The molecule has 5 nitrogen and oxygen atoms in total. The Kier molecular flexibility index (Phi) is 4.20. The Hall–Kier alpha value is -2.14. The van der Waals surface area contributed by atoms with E-state index in [1.165, 1.54) is 0 Å². The van der Waals surface area contributed by atoms with Crippen molar-refractivity contribution >= 4 is 5.69 Å². The van der Waals surface area contributed by atoms with Gasteiger partial charge in [0.25, 0.3) is 5.56 Å². The van der Waals surface area contributed by atoms with E-state index in [-0.39, 0.29) is 18.2 Å². The summed E-state index contributed by atoms with van der Waals surface area (Å²) in [5.74, 6) is 0.616. The van der Waals surface area contributed by atoms with Crippen LogP contribution in [-0.4, -0.2) is 15.1 Å². The molecular weight excluding hydrogens is 254 g/mol. The summed E-state index contributed by atoms with van der Waals surface area (Å²) in [4.78, 5) is 19.1. The van der Waals surface area contributed by atoms with E-state index >= 15 is 0 Å². The topological polar surface area (TPSA) is 78.0 Å². The second kappa shape index (κ2) is 5.88. The van der Waals surface area contributed by atoms with Crippen LogP contribution in [-0.2, 0) is 6.61 Å². The van der Waals surface area contributed by atoms with Crippen LogP contribution in [0.25, 0.3) is 0 Å². The van der Waals surface area contributed by atoms with Crippen LogP contribution < -0.4 is 10.9 Å². The van der Waals surface area contributed by atoms with Crippen LogP contribution in [0.3, 0.4) is 0 Å². The molecule has 0 fully saturated rings. The average Bonchev–Trinajstić information content (AvgIpc) is 2.37. The summed E-state index contributed by atoms with van der Waals surface area (Å²) < 4.78 is 0. The maximum atomic E-state index is 12.0. The number of hydrogen-bond donors (Lipinski definition) is 3. The summed E-state index contributed by atoms with van der Waals surface area (Å²) in [5, 5.41) is 12.4. The number of nitrogens with zero attached hydrogens (tertiary/aromatic N) is 1. The Morgan fingerprint density at radius 1 is 1.40 bits per heavy atom. The van der Waals surface area contributed by atoms with E-state index in [0.717, 1.165) is 16.9 Å². The third-order valence-corrected chi connectivity index (χ3v) is 3.19. The number of aromatic amines is 1. The van der Waals surface area contributed by atoms with Gasteiger partial charge in [0.05, 0.1) is 23.9 Å². The normalized spacial score (nSPS) is 12.2. The summed E-state index contributed by atoms with van der Waals surface area (Å²) in [7, 11) is 0. The Balaban J connectivity index is 2.28. The molecule has 3 N–H and O–H groups in total. The third-order valence-electron chi connectivity index (χ3n) is 3.19. The fourth-order valence-electron chi connectivity index (χ4n) is 2.33. The molecular formula is C15H19N3O2. The lowest BCUT2D eigenvalue weighted by Crippen LogP contribution is -2.23. The first-order valence-corrected chi connectivity index (χ1v) is 6.55. The molecule has 0 aliphatic rings. The van der Waals surface area contributed by atoms with Gasteiger partial charge in [-0.3, -0.25) is 4.79 Å². The van der Waals surface area contributed by atoms with Crippen molar-refractivity contribution in [2.24, 2.45) is 0 Å². The van der Waals surface area contributed by atoms with Gasteiger partial charge in [-0.25, -0.2) is 4.98 Å². The van der Waals surface area contributed by atoms with Crippen LogP contribution in [0.5, 0.6) is 0 Å². The molecule has 20 heavy (non-hydrogen) atoms. The van der Waals surface area contributed by atoms with Crippen molar-refractivity contribution < 1.29 is 5.11 Å². The lowest BCUT2D eigenvalue weighted by molar-refractivity contribution is 0.282. The summed E-state index contributed by atoms with van der Waals surface area (Å²) in [6.45, 7) is 5.51. The van der Waals surface area contributed by atoms with Gasteiger partial charge in [-0.05, 0) is 38.5 Å². The minimum absolute atomic E-state index is 0.00437. The van der Waals surface area contributed by atoms with Gasteiger partial charge in [0.15, 0.2) is 0 Å². The van der Waals surface area contributed by atoms with Gasteiger partial charge in [-0.15, -0.1) is 0 Å². The number of benzene rings is 1. The van der Waals surface area contributed by atoms with Gasteiger partial charge >= 0.3 is 0 Å². The number of rotatable bonds is 4. The second-order valence-corrected chi connectivity index (χ2v) is 4.87. The van der Waals surface area contributed by atoms with Gasteiger partial charge < -0.3 is 15.4 Å². The van der Waals surface area contributed by atoms with Crippen molar-refractivity contribution in [3.05, 3.63) is 57.3 Å². The van der Waals surface area contributed by atoms with Crippen molar-refractivity contribution in [2.45, 2.75) is 33.4 Å². The fourth-order valence-corrected chi connectivity index (χ4v) is 2.33. The summed E-state index contributed by atoms with van der Waals surface area (Å²) >= 11 is 0. The largest absolute Gasteiger partial charge is 0.392 e. The molecule has 1 heterocycles. The monoisotopic (exact) mass is 273 g/mol. The first-order chi connectivity index (χ1) is 9.51. The zero-order chi connectivity index (χ0) is 14.7. The zero-order valence-electron chi connectivity index (χ0n) is 11.9. The van der Waals surface area contributed by atoms with Gasteiger partial charge in [-0.2, -0.15) is 0 Å². The van der Waals surface area contributed by atoms with Crippen LogP contribution in [0.2, 0.25) is 0 Å². The highest BCUT2D eigenvalue weighted by atomic mass is 16.3. The summed E-state index contributed by atoms with van der Waals surface area (Å²) in [6.07, 6.45) is 0. The molecule has 1 aromatic heterocycles. The highest BCUT2D eigenvalue weighted by Crippen LogP contribution is 2.19. The highest BCUT2D eigenvalue weighted by Gasteiger charge is 2.14. The van der Waals surface area contributed by atoms with E-state index in [2.05, 4.69) is 15.3 Å². The molecule has 0 spiro atoms. The predicted molar refractivity (Wildman–Crippen MR) is 78.7 cm³/mol. The Bertz CT molecular complexity index is 664. The molecule has 2 aromatic rings. The molecule has 0 bridgehead atoms. The average molecular weight is 273 g/mol.